The van der Waals surface area contributed by atoms with Gasteiger partial charge in [-0.15, -0.1) is 0 Å². The summed E-state index contributed by atoms with van der Waals surface area (Å²) in [5.74, 6) is -0.278. The van der Waals surface area contributed by atoms with Gasteiger partial charge in [-0.1, -0.05) is 28.8 Å². The number of hydrogen-bond acceptors (Lipinski definition) is 5. The highest BCUT2D eigenvalue weighted by Crippen LogP contribution is 2.34. The average Bonchev–Trinajstić information content (AvgIpc) is 3.11. The molecule has 2 N–H and O–H groups in total. The zero-order chi connectivity index (χ0) is 19.0. The SMILES string of the molecule is CC1=C(C(=O)Nc2ccc(Cl)cc2)[C@@H](c2ccc(F)cc2)n2nnnc2N1. The summed E-state index contributed by atoms with van der Waals surface area (Å²) in [7, 11) is 0. The summed E-state index contributed by atoms with van der Waals surface area (Å²) < 4.78 is 14.9. The number of nitrogens with zero attached hydrogens (tertiary/aromatic N) is 4. The molecule has 7 nitrogen and oxygen atoms in total. The van der Waals surface area contributed by atoms with Gasteiger partial charge in [-0.05, 0) is 59.3 Å². The van der Waals surface area contributed by atoms with Gasteiger partial charge in [0, 0.05) is 16.4 Å². The van der Waals surface area contributed by atoms with Crippen LogP contribution in [0.1, 0.15) is 18.5 Å². The molecule has 3 aromatic rings. The van der Waals surface area contributed by atoms with E-state index in [1.807, 2.05) is 0 Å². The van der Waals surface area contributed by atoms with Crippen molar-refractivity contribution >= 4 is 29.1 Å². The Balaban J connectivity index is 1.74. The molecular weight excluding hydrogens is 371 g/mol. The lowest BCUT2D eigenvalue weighted by molar-refractivity contribution is -0.113. The number of hydrogen-bond donors (Lipinski definition) is 2. The summed E-state index contributed by atoms with van der Waals surface area (Å²) in [6, 6.07) is 12.1. The number of aromatic nitrogens is 4. The number of tetrazole rings is 1. The van der Waals surface area contributed by atoms with Gasteiger partial charge in [0.15, 0.2) is 0 Å². The smallest absolute Gasteiger partial charge is 0.255 e. The molecule has 136 valence electrons. The number of carbonyl (C=O) groups is 1. The number of benzene rings is 2. The third-order valence-electron chi connectivity index (χ3n) is 4.25. The minimum Gasteiger partial charge on any atom is -0.326 e. The van der Waals surface area contributed by atoms with Crippen molar-refractivity contribution < 1.29 is 9.18 Å². The van der Waals surface area contributed by atoms with Crippen molar-refractivity contribution in [3.63, 3.8) is 0 Å². The first-order chi connectivity index (χ1) is 13.0. The predicted octanol–water partition coefficient (Wildman–Crippen LogP) is 3.39. The summed E-state index contributed by atoms with van der Waals surface area (Å²) >= 11 is 5.89. The number of nitrogens with one attached hydrogen (secondary N) is 2. The van der Waals surface area contributed by atoms with Gasteiger partial charge in [0.2, 0.25) is 5.95 Å². The van der Waals surface area contributed by atoms with E-state index in [0.717, 1.165) is 0 Å². The molecule has 4 rings (SSSR count). The van der Waals surface area contributed by atoms with Crippen LogP contribution in [0, 0.1) is 5.82 Å². The topological polar surface area (TPSA) is 84.7 Å². The second kappa shape index (κ2) is 6.81. The molecule has 0 aliphatic carbocycles. The summed E-state index contributed by atoms with van der Waals surface area (Å²) in [5.41, 5.74) is 2.33. The molecule has 1 atom stereocenters. The second-order valence-corrected chi connectivity index (χ2v) is 6.46. The monoisotopic (exact) mass is 384 g/mol. The molecule has 0 saturated carbocycles. The van der Waals surface area contributed by atoms with E-state index in [1.54, 1.807) is 43.3 Å². The van der Waals surface area contributed by atoms with Gasteiger partial charge in [0.05, 0.1) is 5.57 Å². The molecule has 1 aliphatic heterocycles. The van der Waals surface area contributed by atoms with Crippen LogP contribution in [0.5, 0.6) is 0 Å². The van der Waals surface area contributed by atoms with Crippen molar-refractivity contribution in [3.8, 4) is 0 Å². The molecule has 1 amide bonds. The fourth-order valence-electron chi connectivity index (χ4n) is 2.99. The standard InChI is InChI=1S/C18H14ClFN6O/c1-10-15(17(27)22-14-8-4-12(19)5-9-14)16(11-2-6-13(20)7-3-11)26-18(21-10)23-24-25-26/h2-9,16H,1H3,(H,22,27)(H,21,23,25)/t16-/m1/s1. The lowest BCUT2D eigenvalue weighted by Crippen LogP contribution is -2.31. The number of allylic oxidation sites excluding steroid dienone is 1. The van der Waals surface area contributed by atoms with E-state index in [1.165, 1.54) is 16.8 Å². The quantitative estimate of drug-likeness (QED) is 0.723. The van der Waals surface area contributed by atoms with Gasteiger partial charge in [0.25, 0.3) is 5.91 Å². The van der Waals surface area contributed by atoms with Crippen LogP contribution in [0.25, 0.3) is 0 Å². The Morgan fingerprint density at radius 1 is 1.19 bits per heavy atom. The zero-order valence-corrected chi connectivity index (χ0v) is 14.9. The molecule has 9 heteroatoms. The van der Waals surface area contributed by atoms with E-state index in [9.17, 15) is 9.18 Å². The van der Waals surface area contributed by atoms with Crippen molar-refractivity contribution in [3.05, 3.63) is 76.2 Å². The summed E-state index contributed by atoms with van der Waals surface area (Å²) in [4.78, 5) is 13.0. The maximum absolute atomic E-state index is 13.4. The Morgan fingerprint density at radius 2 is 1.89 bits per heavy atom. The first-order valence-corrected chi connectivity index (χ1v) is 8.49. The lowest BCUT2D eigenvalue weighted by atomic mass is 9.95. The fraction of sp³-hybridized carbons (Fsp3) is 0.111. The van der Waals surface area contributed by atoms with E-state index >= 15 is 0 Å². The Bertz CT molecular complexity index is 1030. The van der Waals surface area contributed by atoms with Gasteiger partial charge >= 0.3 is 0 Å². The van der Waals surface area contributed by atoms with Crippen molar-refractivity contribution in [2.24, 2.45) is 0 Å². The first-order valence-electron chi connectivity index (χ1n) is 8.11. The Morgan fingerprint density at radius 3 is 2.59 bits per heavy atom. The number of carbonyl (C=O) groups excluding carboxylic acids is 1. The van der Waals surface area contributed by atoms with Crippen molar-refractivity contribution in [2.45, 2.75) is 13.0 Å². The van der Waals surface area contributed by atoms with Crippen molar-refractivity contribution in [1.82, 2.24) is 20.2 Å². The number of rotatable bonds is 3. The maximum Gasteiger partial charge on any atom is 0.255 e. The van der Waals surface area contributed by atoms with Gasteiger partial charge in [0.1, 0.15) is 11.9 Å². The number of amides is 1. The maximum atomic E-state index is 13.4. The van der Waals surface area contributed by atoms with Gasteiger partial charge in [-0.2, -0.15) is 4.68 Å². The molecule has 0 spiro atoms. The largest absolute Gasteiger partial charge is 0.326 e. The zero-order valence-electron chi connectivity index (χ0n) is 14.1. The number of anilines is 2. The minimum atomic E-state index is -0.593. The molecule has 0 fully saturated rings. The highest BCUT2D eigenvalue weighted by molar-refractivity contribution is 6.30. The normalized spacial score (nSPS) is 15.9. The fourth-order valence-corrected chi connectivity index (χ4v) is 3.12. The van der Waals surface area contributed by atoms with Crippen LogP contribution in [-0.4, -0.2) is 26.1 Å². The van der Waals surface area contributed by atoms with Crippen LogP contribution in [0.15, 0.2) is 59.8 Å². The van der Waals surface area contributed by atoms with Crippen LogP contribution in [0.2, 0.25) is 5.02 Å². The minimum absolute atomic E-state index is 0.321. The molecular formula is C18H14ClFN6O. The van der Waals surface area contributed by atoms with E-state index in [2.05, 4.69) is 26.2 Å². The third kappa shape index (κ3) is 3.26. The molecule has 1 aromatic heterocycles. The first kappa shape index (κ1) is 17.2. The van der Waals surface area contributed by atoms with Crippen LogP contribution in [0.3, 0.4) is 0 Å². The van der Waals surface area contributed by atoms with Crippen LogP contribution in [0.4, 0.5) is 16.0 Å². The van der Waals surface area contributed by atoms with E-state index < -0.39 is 6.04 Å². The Hall–Kier alpha value is -3.26. The summed E-state index contributed by atoms with van der Waals surface area (Å²) in [6.07, 6.45) is 0. The highest BCUT2D eigenvalue weighted by atomic mass is 35.5. The molecule has 0 saturated heterocycles. The number of halogens is 2. The highest BCUT2D eigenvalue weighted by Gasteiger charge is 2.34. The molecule has 0 radical (unpaired) electrons. The van der Waals surface area contributed by atoms with Crippen LogP contribution >= 0.6 is 11.6 Å². The second-order valence-electron chi connectivity index (χ2n) is 6.03. The summed E-state index contributed by atoms with van der Waals surface area (Å²) in [5, 5.41) is 18.0. The molecule has 2 aromatic carbocycles. The molecule has 0 unspecified atom stereocenters. The van der Waals surface area contributed by atoms with Crippen molar-refractivity contribution in [2.75, 3.05) is 10.6 Å². The van der Waals surface area contributed by atoms with Gasteiger partial charge < -0.3 is 10.6 Å². The van der Waals surface area contributed by atoms with E-state index in [-0.39, 0.29) is 11.7 Å². The summed E-state index contributed by atoms with van der Waals surface area (Å²) in [6.45, 7) is 1.77. The van der Waals surface area contributed by atoms with Gasteiger partial charge in [-0.3, -0.25) is 4.79 Å². The van der Waals surface area contributed by atoms with Crippen LogP contribution in [-0.2, 0) is 4.79 Å². The average molecular weight is 385 g/mol. The van der Waals surface area contributed by atoms with Crippen LogP contribution < -0.4 is 10.6 Å². The lowest BCUT2D eigenvalue weighted by Gasteiger charge is -2.28. The molecule has 1 aliphatic rings. The Kier molecular flexibility index (Phi) is 4.33. The Labute approximate surface area is 158 Å². The molecule has 2 heterocycles. The van der Waals surface area contributed by atoms with Gasteiger partial charge in [-0.25, -0.2) is 4.39 Å². The molecule has 27 heavy (non-hydrogen) atoms. The predicted molar refractivity (Wildman–Crippen MR) is 98.8 cm³/mol. The third-order valence-corrected chi connectivity index (χ3v) is 4.50. The van der Waals surface area contributed by atoms with E-state index in [0.29, 0.717) is 33.5 Å². The number of fused-ring (bicyclic) bond motifs is 1. The van der Waals surface area contributed by atoms with Crippen molar-refractivity contribution in [1.29, 1.82) is 0 Å². The molecule has 0 bridgehead atoms. The van der Waals surface area contributed by atoms with E-state index in [4.69, 9.17) is 11.6 Å².